The first-order valence-electron chi connectivity index (χ1n) is 6.69. The number of anilines is 1. The van der Waals surface area contributed by atoms with Crippen molar-refractivity contribution < 1.29 is 0 Å². The molecule has 102 valence electrons. The molecule has 0 aliphatic heterocycles. The van der Waals surface area contributed by atoms with Crippen LogP contribution in [0.1, 0.15) is 26.1 Å². The summed E-state index contributed by atoms with van der Waals surface area (Å²) < 4.78 is 3.92. The van der Waals surface area contributed by atoms with Crippen molar-refractivity contribution in [3.05, 3.63) is 30.9 Å². The largest absolute Gasteiger partial charge is 0.383 e. The van der Waals surface area contributed by atoms with Gasteiger partial charge in [0.1, 0.15) is 17.3 Å². The van der Waals surface area contributed by atoms with Gasteiger partial charge >= 0.3 is 0 Å². The van der Waals surface area contributed by atoms with E-state index in [0.29, 0.717) is 12.4 Å². The van der Waals surface area contributed by atoms with Crippen LogP contribution in [0.25, 0.3) is 11.3 Å². The van der Waals surface area contributed by atoms with E-state index in [1.807, 2.05) is 27.7 Å². The molecule has 0 saturated heterocycles. The molecule has 2 heterocycles. The Labute approximate surface area is 113 Å². The number of nitrogens with zero attached hydrogens (tertiary/aromatic N) is 4. The van der Waals surface area contributed by atoms with E-state index < -0.39 is 0 Å². The van der Waals surface area contributed by atoms with Crippen molar-refractivity contribution in [3.63, 3.8) is 0 Å². The van der Waals surface area contributed by atoms with Crippen LogP contribution < -0.4 is 5.73 Å². The maximum absolute atomic E-state index is 6.20. The molecule has 0 amide bonds. The van der Waals surface area contributed by atoms with Gasteiger partial charge < -0.3 is 10.3 Å². The third-order valence-corrected chi connectivity index (χ3v) is 3.07. The SMILES string of the molecule is C=CCn1c(CC)nc(-c2cnn(CCC)c2)c1N. The number of hydrogen-bond acceptors (Lipinski definition) is 3. The van der Waals surface area contributed by atoms with Gasteiger partial charge in [-0.15, -0.1) is 6.58 Å². The van der Waals surface area contributed by atoms with Crippen LogP contribution in [0.4, 0.5) is 5.82 Å². The molecule has 0 spiro atoms. The minimum absolute atomic E-state index is 0.686. The topological polar surface area (TPSA) is 61.7 Å². The molecule has 19 heavy (non-hydrogen) atoms. The van der Waals surface area contributed by atoms with Crippen molar-refractivity contribution in [2.45, 2.75) is 39.8 Å². The molecule has 0 aromatic carbocycles. The number of aromatic nitrogens is 4. The zero-order valence-corrected chi connectivity index (χ0v) is 11.6. The van der Waals surface area contributed by atoms with Crippen molar-refractivity contribution in [3.8, 4) is 11.3 Å². The van der Waals surface area contributed by atoms with Gasteiger partial charge in [-0.1, -0.05) is 19.9 Å². The van der Waals surface area contributed by atoms with Crippen LogP contribution in [0.3, 0.4) is 0 Å². The molecule has 2 N–H and O–H groups in total. The predicted octanol–water partition coefficient (Wildman–Crippen LogP) is 2.49. The molecule has 2 rings (SSSR count). The Kier molecular flexibility index (Phi) is 4.04. The van der Waals surface area contributed by atoms with E-state index in [0.717, 1.165) is 36.5 Å². The zero-order valence-electron chi connectivity index (χ0n) is 11.6. The van der Waals surface area contributed by atoms with Crippen LogP contribution in [-0.2, 0) is 19.5 Å². The van der Waals surface area contributed by atoms with Crippen molar-refractivity contribution in [2.75, 3.05) is 5.73 Å². The fraction of sp³-hybridized carbons (Fsp3) is 0.429. The molecule has 0 aliphatic rings. The summed E-state index contributed by atoms with van der Waals surface area (Å²) in [6.07, 6.45) is 7.57. The van der Waals surface area contributed by atoms with E-state index in [4.69, 9.17) is 5.73 Å². The van der Waals surface area contributed by atoms with Gasteiger partial charge in [-0.05, 0) is 6.42 Å². The van der Waals surface area contributed by atoms with Gasteiger partial charge in [0.15, 0.2) is 0 Å². The minimum atomic E-state index is 0.686. The van der Waals surface area contributed by atoms with Gasteiger partial charge in [-0.25, -0.2) is 4.98 Å². The van der Waals surface area contributed by atoms with Gasteiger partial charge in [0.05, 0.1) is 6.20 Å². The highest BCUT2D eigenvalue weighted by molar-refractivity contribution is 5.70. The van der Waals surface area contributed by atoms with Crippen LogP contribution in [0, 0.1) is 0 Å². The lowest BCUT2D eigenvalue weighted by Gasteiger charge is -2.04. The Hall–Kier alpha value is -2.04. The van der Waals surface area contributed by atoms with Crippen molar-refractivity contribution in [2.24, 2.45) is 0 Å². The summed E-state index contributed by atoms with van der Waals surface area (Å²) in [5.74, 6) is 1.67. The van der Waals surface area contributed by atoms with Crippen LogP contribution in [-0.4, -0.2) is 19.3 Å². The third-order valence-electron chi connectivity index (χ3n) is 3.07. The molecule has 0 aliphatic carbocycles. The first-order valence-corrected chi connectivity index (χ1v) is 6.69. The highest BCUT2D eigenvalue weighted by atomic mass is 15.3. The maximum atomic E-state index is 6.20. The molecule has 0 radical (unpaired) electrons. The van der Waals surface area contributed by atoms with E-state index >= 15 is 0 Å². The molecule has 0 bridgehead atoms. The summed E-state index contributed by atoms with van der Waals surface area (Å²) in [7, 11) is 0. The Balaban J connectivity index is 2.40. The van der Waals surface area contributed by atoms with E-state index in [-0.39, 0.29) is 0 Å². The quantitative estimate of drug-likeness (QED) is 0.811. The van der Waals surface area contributed by atoms with E-state index in [2.05, 4.69) is 30.5 Å². The van der Waals surface area contributed by atoms with Gasteiger partial charge in [0, 0.05) is 31.3 Å². The highest BCUT2D eigenvalue weighted by Crippen LogP contribution is 2.26. The summed E-state index contributed by atoms with van der Waals surface area (Å²) in [5, 5.41) is 4.33. The Morgan fingerprint density at radius 1 is 1.42 bits per heavy atom. The number of rotatable bonds is 6. The van der Waals surface area contributed by atoms with Crippen molar-refractivity contribution in [1.82, 2.24) is 19.3 Å². The first-order chi connectivity index (χ1) is 9.21. The molecule has 2 aromatic rings. The Bertz CT molecular complexity index is 564. The molecule has 0 fully saturated rings. The number of allylic oxidation sites excluding steroid dienone is 1. The second kappa shape index (κ2) is 5.73. The van der Waals surface area contributed by atoms with Gasteiger partial charge in [-0.2, -0.15) is 5.10 Å². The number of aryl methyl sites for hydroxylation is 2. The van der Waals surface area contributed by atoms with Crippen molar-refractivity contribution >= 4 is 5.82 Å². The standard InChI is InChI=1S/C14H21N5/c1-4-7-18-10-11(9-16-18)13-14(15)19(8-5-2)12(6-3)17-13/h5,9-10H,2,4,6-8,15H2,1,3H3. The summed E-state index contributed by atoms with van der Waals surface area (Å²) in [4.78, 5) is 4.63. The lowest BCUT2D eigenvalue weighted by Crippen LogP contribution is -2.05. The summed E-state index contributed by atoms with van der Waals surface area (Å²) in [6.45, 7) is 9.56. The average molecular weight is 259 g/mol. The monoisotopic (exact) mass is 259 g/mol. The average Bonchev–Trinajstić information content (AvgIpc) is 2.97. The number of imidazole rings is 1. The predicted molar refractivity (Wildman–Crippen MR) is 77.7 cm³/mol. The number of nitrogens with two attached hydrogens (primary N) is 1. The molecular formula is C14H21N5. The molecular weight excluding hydrogens is 238 g/mol. The first kappa shape index (κ1) is 13.4. The smallest absolute Gasteiger partial charge is 0.132 e. The summed E-state index contributed by atoms with van der Waals surface area (Å²) in [5.41, 5.74) is 7.99. The molecule has 5 heteroatoms. The lowest BCUT2D eigenvalue weighted by molar-refractivity contribution is 0.603. The maximum Gasteiger partial charge on any atom is 0.132 e. The fourth-order valence-electron chi connectivity index (χ4n) is 2.17. The third kappa shape index (κ3) is 2.54. The fourth-order valence-corrected chi connectivity index (χ4v) is 2.17. The molecule has 2 aromatic heterocycles. The van der Waals surface area contributed by atoms with Gasteiger partial charge in [0.25, 0.3) is 0 Å². The van der Waals surface area contributed by atoms with Crippen LogP contribution in [0.15, 0.2) is 25.0 Å². The second-order valence-corrected chi connectivity index (χ2v) is 4.51. The normalized spacial score (nSPS) is 10.8. The highest BCUT2D eigenvalue weighted by Gasteiger charge is 2.15. The molecule has 0 unspecified atom stereocenters. The van der Waals surface area contributed by atoms with Crippen LogP contribution in [0.5, 0.6) is 0 Å². The number of nitrogen functional groups attached to an aromatic ring is 1. The van der Waals surface area contributed by atoms with Crippen LogP contribution >= 0.6 is 0 Å². The molecule has 5 nitrogen and oxygen atoms in total. The Morgan fingerprint density at radius 2 is 2.21 bits per heavy atom. The molecule has 0 saturated carbocycles. The van der Waals surface area contributed by atoms with E-state index in [1.165, 1.54) is 0 Å². The second-order valence-electron chi connectivity index (χ2n) is 4.51. The summed E-state index contributed by atoms with van der Waals surface area (Å²) >= 11 is 0. The zero-order chi connectivity index (χ0) is 13.8. The van der Waals surface area contributed by atoms with Crippen LogP contribution in [0.2, 0.25) is 0 Å². The minimum Gasteiger partial charge on any atom is -0.383 e. The molecule has 0 atom stereocenters. The Morgan fingerprint density at radius 3 is 2.84 bits per heavy atom. The van der Waals surface area contributed by atoms with Gasteiger partial charge in [-0.3, -0.25) is 4.68 Å². The summed E-state index contributed by atoms with van der Waals surface area (Å²) in [6, 6.07) is 0. The van der Waals surface area contributed by atoms with Gasteiger partial charge in [0.2, 0.25) is 0 Å². The van der Waals surface area contributed by atoms with Crippen molar-refractivity contribution in [1.29, 1.82) is 0 Å². The lowest BCUT2D eigenvalue weighted by atomic mass is 10.2. The van der Waals surface area contributed by atoms with E-state index in [1.54, 1.807) is 0 Å². The van der Waals surface area contributed by atoms with E-state index in [9.17, 15) is 0 Å². The number of hydrogen-bond donors (Lipinski definition) is 1.